The molecule has 33 heavy (non-hydrogen) atoms. The summed E-state index contributed by atoms with van der Waals surface area (Å²) in [4.78, 5) is 12.5. The van der Waals surface area contributed by atoms with Crippen LogP contribution in [0.5, 0.6) is 5.75 Å². The minimum absolute atomic E-state index is 0.0880. The SMILES string of the molecule is COc1cccc(-c2nn(C)cc2-c2nnc(SCC(=O)Nc3ccc(C)cc3C)n2C)c1. The van der Waals surface area contributed by atoms with Crippen molar-refractivity contribution in [2.24, 2.45) is 14.1 Å². The molecule has 9 heteroatoms. The second-order valence-corrected chi connectivity index (χ2v) is 8.76. The lowest BCUT2D eigenvalue weighted by atomic mass is 10.1. The van der Waals surface area contributed by atoms with Crippen LogP contribution in [0.25, 0.3) is 22.6 Å². The second-order valence-electron chi connectivity index (χ2n) is 7.82. The summed E-state index contributed by atoms with van der Waals surface area (Å²) in [5.41, 5.74) is 5.59. The van der Waals surface area contributed by atoms with Crippen LogP contribution in [0.15, 0.2) is 53.8 Å². The Morgan fingerprint density at radius 1 is 1.12 bits per heavy atom. The number of nitrogens with zero attached hydrogens (tertiary/aromatic N) is 5. The maximum Gasteiger partial charge on any atom is 0.234 e. The van der Waals surface area contributed by atoms with Crippen molar-refractivity contribution in [2.45, 2.75) is 19.0 Å². The average Bonchev–Trinajstić information content (AvgIpc) is 3.36. The van der Waals surface area contributed by atoms with Crippen LogP contribution < -0.4 is 10.1 Å². The zero-order valence-electron chi connectivity index (χ0n) is 19.3. The van der Waals surface area contributed by atoms with Crippen molar-refractivity contribution >= 4 is 23.4 Å². The summed E-state index contributed by atoms with van der Waals surface area (Å²) in [6.45, 7) is 4.01. The summed E-state index contributed by atoms with van der Waals surface area (Å²) in [7, 11) is 5.40. The topological polar surface area (TPSA) is 86.9 Å². The molecule has 8 nitrogen and oxygen atoms in total. The second kappa shape index (κ2) is 9.50. The molecule has 0 spiro atoms. The number of amides is 1. The number of carbonyl (C=O) groups is 1. The summed E-state index contributed by atoms with van der Waals surface area (Å²) in [5, 5.41) is 17.0. The molecule has 0 aliphatic carbocycles. The Morgan fingerprint density at radius 2 is 1.94 bits per heavy atom. The molecule has 0 aliphatic heterocycles. The molecule has 2 aromatic carbocycles. The maximum atomic E-state index is 12.5. The molecule has 0 bridgehead atoms. The summed E-state index contributed by atoms with van der Waals surface area (Å²) >= 11 is 1.34. The van der Waals surface area contributed by atoms with Gasteiger partial charge in [-0.3, -0.25) is 9.48 Å². The van der Waals surface area contributed by atoms with Gasteiger partial charge in [-0.25, -0.2) is 0 Å². The van der Waals surface area contributed by atoms with E-state index >= 15 is 0 Å². The van der Waals surface area contributed by atoms with E-state index in [2.05, 4.69) is 20.6 Å². The van der Waals surface area contributed by atoms with Crippen molar-refractivity contribution in [1.29, 1.82) is 0 Å². The molecule has 0 saturated heterocycles. The average molecular weight is 463 g/mol. The van der Waals surface area contributed by atoms with E-state index in [4.69, 9.17) is 4.74 Å². The van der Waals surface area contributed by atoms with E-state index in [0.29, 0.717) is 11.0 Å². The van der Waals surface area contributed by atoms with Crippen molar-refractivity contribution in [3.05, 3.63) is 59.8 Å². The first kappa shape index (κ1) is 22.6. The molecule has 1 N–H and O–H groups in total. The molecule has 0 fully saturated rings. The predicted octanol–water partition coefficient (Wildman–Crippen LogP) is 4.24. The maximum absolute atomic E-state index is 12.5. The van der Waals surface area contributed by atoms with Gasteiger partial charge < -0.3 is 14.6 Å². The summed E-state index contributed by atoms with van der Waals surface area (Å²) in [6.07, 6.45) is 1.92. The quantitative estimate of drug-likeness (QED) is 0.414. The molecule has 0 atom stereocenters. The lowest BCUT2D eigenvalue weighted by Gasteiger charge is -2.09. The fourth-order valence-electron chi connectivity index (χ4n) is 3.58. The van der Waals surface area contributed by atoms with E-state index in [1.54, 1.807) is 11.8 Å². The third-order valence-electron chi connectivity index (χ3n) is 5.24. The first-order valence-electron chi connectivity index (χ1n) is 10.4. The molecule has 4 rings (SSSR count). The van der Waals surface area contributed by atoms with Crippen LogP contribution in [-0.4, -0.2) is 43.3 Å². The van der Waals surface area contributed by atoms with Gasteiger partial charge in [0.2, 0.25) is 5.91 Å². The van der Waals surface area contributed by atoms with Crippen molar-refractivity contribution in [1.82, 2.24) is 24.5 Å². The number of rotatable bonds is 7. The Balaban J connectivity index is 1.52. The number of anilines is 1. The number of aryl methyl sites for hydroxylation is 3. The van der Waals surface area contributed by atoms with Crippen LogP contribution >= 0.6 is 11.8 Å². The Morgan fingerprint density at radius 3 is 2.70 bits per heavy atom. The zero-order valence-corrected chi connectivity index (χ0v) is 20.1. The van der Waals surface area contributed by atoms with Gasteiger partial charge in [-0.2, -0.15) is 5.10 Å². The monoisotopic (exact) mass is 462 g/mol. The predicted molar refractivity (Wildman–Crippen MR) is 130 cm³/mol. The molecule has 2 aromatic heterocycles. The lowest BCUT2D eigenvalue weighted by molar-refractivity contribution is -0.113. The molecule has 2 heterocycles. The molecule has 1 amide bonds. The van der Waals surface area contributed by atoms with Crippen molar-refractivity contribution < 1.29 is 9.53 Å². The van der Waals surface area contributed by atoms with Gasteiger partial charge in [-0.1, -0.05) is 41.6 Å². The largest absolute Gasteiger partial charge is 0.497 e. The summed E-state index contributed by atoms with van der Waals surface area (Å²) < 4.78 is 9.00. The van der Waals surface area contributed by atoms with Crippen LogP contribution in [-0.2, 0) is 18.9 Å². The number of hydrogen-bond donors (Lipinski definition) is 1. The van der Waals surface area contributed by atoms with Gasteiger partial charge in [0.15, 0.2) is 11.0 Å². The molecule has 4 aromatic rings. The first-order chi connectivity index (χ1) is 15.9. The molecular formula is C24H26N6O2S. The van der Waals surface area contributed by atoms with E-state index in [-0.39, 0.29) is 11.7 Å². The highest BCUT2D eigenvalue weighted by atomic mass is 32.2. The number of aromatic nitrogens is 5. The normalized spacial score (nSPS) is 10.9. The van der Waals surface area contributed by atoms with Gasteiger partial charge in [0.1, 0.15) is 11.4 Å². The van der Waals surface area contributed by atoms with Gasteiger partial charge in [0.25, 0.3) is 0 Å². The smallest absolute Gasteiger partial charge is 0.234 e. The summed E-state index contributed by atoms with van der Waals surface area (Å²) in [6, 6.07) is 13.7. The highest BCUT2D eigenvalue weighted by molar-refractivity contribution is 7.99. The zero-order chi connectivity index (χ0) is 23.5. The third kappa shape index (κ3) is 4.93. The standard InChI is InChI=1S/C24H26N6O2S/c1-15-9-10-20(16(2)11-15)25-21(31)14-33-24-27-26-23(30(24)4)19-13-29(3)28-22(19)17-7-6-8-18(12-17)32-5/h6-13H,14H2,1-5H3,(H,25,31). The minimum Gasteiger partial charge on any atom is -0.497 e. The molecular weight excluding hydrogens is 436 g/mol. The molecule has 0 unspecified atom stereocenters. The van der Waals surface area contributed by atoms with Crippen LogP contribution in [0, 0.1) is 13.8 Å². The van der Waals surface area contributed by atoms with Crippen molar-refractivity contribution in [3.63, 3.8) is 0 Å². The van der Waals surface area contributed by atoms with E-state index < -0.39 is 0 Å². The number of hydrogen-bond acceptors (Lipinski definition) is 6. The highest BCUT2D eigenvalue weighted by Crippen LogP contribution is 2.32. The number of methoxy groups -OCH3 is 1. The number of thioether (sulfide) groups is 1. The molecule has 0 radical (unpaired) electrons. The Kier molecular flexibility index (Phi) is 6.50. The van der Waals surface area contributed by atoms with Gasteiger partial charge in [0, 0.05) is 31.5 Å². The fraction of sp³-hybridized carbons (Fsp3) is 0.250. The number of ether oxygens (including phenoxy) is 1. The van der Waals surface area contributed by atoms with Crippen molar-refractivity contribution in [3.8, 4) is 28.4 Å². The van der Waals surface area contributed by atoms with E-state index in [0.717, 1.165) is 39.4 Å². The molecule has 0 saturated carbocycles. The van der Waals surface area contributed by atoms with Crippen LogP contribution in [0.2, 0.25) is 0 Å². The highest BCUT2D eigenvalue weighted by Gasteiger charge is 2.20. The third-order valence-corrected chi connectivity index (χ3v) is 6.26. The Hall–Kier alpha value is -3.59. The fourth-order valence-corrected chi connectivity index (χ4v) is 4.29. The molecule has 170 valence electrons. The molecule has 0 aliphatic rings. The lowest BCUT2D eigenvalue weighted by Crippen LogP contribution is -2.15. The van der Waals surface area contributed by atoms with Gasteiger partial charge in [0.05, 0.1) is 18.4 Å². The van der Waals surface area contributed by atoms with E-state index in [1.807, 2.05) is 81.2 Å². The van der Waals surface area contributed by atoms with Crippen molar-refractivity contribution in [2.75, 3.05) is 18.2 Å². The Labute approximate surface area is 197 Å². The minimum atomic E-state index is -0.0880. The van der Waals surface area contributed by atoms with Crippen LogP contribution in [0.1, 0.15) is 11.1 Å². The number of benzene rings is 2. The van der Waals surface area contributed by atoms with E-state index in [1.165, 1.54) is 11.8 Å². The van der Waals surface area contributed by atoms with Gasteiger partial charge in [-0.15, -0.1) is 10.2 Å². The van der Waals surface area contributed by atoms with Crippen LogP contribution in [0.4, 0.5) is 5.69 Å². The van der Waals surface area contributed by atoms with Gasteiger partial charge in [-0.05, 0) is 37.6 Å². The summed E-state index contributed by atoms with van der Waals surface area (Å²) in [5.74, 6) is 1.58. The number of nitrogens with one attached hydrogen (secondary N) is 1. The first-order valence-corrected chi connectivity index (χ1v) is 11.4. The number of carbonyl (C=O) groups excluding carboxylic acids is 1. The van der Waals surface area contributed by atoms with E-state index in [9.17, 15) is 4.79 Å². The van der Waals surface area contributed by atoms with Crippen LogP contribution in [0.3, 0.4) is 0 Å². The Bertz CT molecular complexity index is 1310. The van der Waals surface area contributed by atoms with Gasteiger partial charge >= 0.3 is 0 Å².